The highest BCUT2D eigenvalue weighted by atomic mass is 16.1. The summed E-state index contributed by atoms with van der Waals surface area (Å²) in [4.78, 5) is 10.9. The second-order valence-corrected chi connectivity index (χ2v) is 3.83. The van der Waals surface area contributed by atoms with E-state index in [1.807, 2.05) is 30.3 Å². The number of benzene rings is 2. The van der Waals surface area contributed by atoms with Gasteiger partial charge in [-0.05, 0) is 16.3 Å². The average Bonchev–Trinajstić information content (AvgIpc) is 2.28. The van der Waals surface area contributed by atoms with Gasteiger partial charge in [-0.25, -0.2) is 0 Å². The third-order valence-corrected chi connectivity index (χ3v) is 2.58. The molecule has 0 saturated heterocycles. The summed E-state index contributed by atoms with van der Waals surface area (Å²) in [6.07, 6.45) is 0.514. The van der Waals surface area contributed by atoms with Crippen LogP contribution < -0.4 is 5.73 Å². The van der Waals surface area contributed by atoms with Crippen LogP contribution >= 0.6 is 0 Å². The van der Waals surface area contributed by atoms with Gasteiger partial charge >= 0.3 is 0 Å². The van der Waals surface area contributed by atoms with Gasteiger partial charge < -0.3 is 5.73 Å². The molecule has 0 fully saturated rings. The number of hydrogen-bond donors (Lipinski definition) is 1. The molecule has 2 N–H and O–H groups in total. The molecule has 0 bridgehead atoms. The van der Waals surface area contributed by atoms with Crippen LogP contribution in [0.25, 0.3) is 10.8 Å². The summed E-state index contributed by atoms with van der Waals surface area (Å²) in [5, 5.41) is 2.35. The standard InChI is InChI=1S/C14H13NO/c1-10(14(15)16)8-11-6-7-12-4-2-3-5-13(12)9-11/h2-7,9H,1,8H2,(H2,15,16). The minimum Gasteiger partial charge on any atom is -0.366 e. The topological polar surface area (TPSA) is 43.1 Å². The number of nitrogens with two attached hydrogens (primary N) is 1. The molecule has 0 atom stereocenters. The number of primary amides is 1. The lowest BCUT2D eigenvalue weighted by Crippen LogP contribution is -2.14. The maximum atomic E-state index is 10.9. The normalized spacial score (nSPS) is 10.2. The predicted octanol–water partition coefficient (Wildman–Crippen LogP) is 2.42. The fraction of sp³-hybridized carbons (Fsp3) is 0.0714. The highest BCUT2D eigenvalue weighted by Gasteiger charge is 2.03. The third-order valence-electron chi connectivity index (χ3n) is 2.58. The molecule has 0 unspecified atom stereocenters. The lowest BCUT2D eigenvalue weighted by Gasteiger charge is -2.04. The van der Waals surface area contributed by atoms with E-state index < -0.39 is 5.91 Å². The summed E-state index contributed by atoms with van der Waals surface area (Å²) < 4.78 is 0. The van der Waals surface area contributed by atoms with E-state index >= 15 is 0 Å². The Hall–Kier alpha value is -2.09. The van der Waals surface area contributed by atoms with E-state index in [2.05, 4.69) is 18.7 Å². The summed E-state index contributed by atoms with van der Waals surface area (Å²) in [5.41, 5.74) is 6.66. The van der Waals surface area contributed by atoms with Crippen LogP contribution in [0, 0.1) is 0 Å². The minimum absolute atomic E-state index is 0.437. The summed E-state index contributed by atoms with van der Waals surface area (Å²) in [6.45, 7) is 3.66. The molecule has 2 aromatic rings. The molecule has 80 valence electrons. The van der Waals surface area contributed by atoms with Gasteiger partial charge in [0, 0.05) is 12.0 Å². The average molecular weight is 211 g/mol. The molecule has 0 heterocycles. The number of rotatable bonds is 3. The summed E-state index contributed by atoms with van der Waals surface area (Å²) in [7, 11) is 0. The summed E-state index contributed by atoms with van der Waals surface area (Å²) >= 11 is 0. The first-order chi connectivity index (χ1) is 7.66. The second kappa shape index (κ2) is 4.19. The molecule has 0 saturated carbocycles. The molecule has 0 aromatic heterocycles. The van der Waals surface area contributed by atoms with Crippen LogP contribution in [0.2, 0.25) is 0 Å². The first kappa shape index (κ1) is 10.4. The van der Waals surface area contributed by atoms with Gasteiger partial charge in [-0.3, -0.25) is 4.79 Å². The molecule has 2 aromatic carbocycles. The molecule has 0 aliphatic carbocycles. The number of hydrogen-bond acceptors (Lipinski definition) is 1. The number of amides is 1. The van der Waals surface area contributed by atoms with Gasteiger partial charge in [-0.1, -0.05) is 49.0 Å². The molecule has 16 heavy (non-hydrogen) atoms. The van der Waals surface area contributed by atoms with E-state index in [1.54, 1.807) is 0 Å². The third kappa shape index (κ3) is 2.11. The minimum atomic E-state index is -0.437. The van der Waals surface area contributed by atoms with E-state index in [1.165, 1.54) is 5.39 Å². The van der Waals surface area contributed by atoms with Gasteiger partial charge in [0.05, 0.1) is 0 Å². The largest absolute Gasteiger partial charge is 0.366 e. The maximum absolute atomic E-state index is 10.9. The van der Waals surface area contributed by atoms with Crippen molar-refractivity contribution >= 4 is 16.7 Å². The van der Waals surface area contributed by atoms with Crippen molar-refractivity contribution in [3.05, 3.63) is 60.2 Å². The van der Waals surface area contributed by atoms with Crippen LogP contribution in [0.15, 0.2) is 54.6 Å². The number of carbonyl (C=O) groups excluding carboxylic acids is 1. The first-order valence-corrected chi connectivity index (χ1v) is 5.12. The molecule has 2 rings (SSSR count). The van der Waals surface area contributed by atoms with Gasteiger partial charge in [-0.15, -0.1) is 0 Å². The van der Waals surface area contributed by atoms with Crippen LogP contribution in [0.5, 0.6) is 0 Å². The molecular formula is C14H13NO. The monoisotopic (exact) mass is 211 g/mol. The molecule has 2 heteroatoms. The van der Waals surface area contributed by atoms with Gasteiger partial charge in [0.25, 0.3) is 0 Å². The Morgan fingerprint density at radius 1 is 1.12 bits per heavy atom. The van der Waals surface area contributed by atoms with E-state index in [4.69, 9.17) is 5.73 Å². The zero-order valence-corrected chi connectivity index (χ0v) is 8.94. The van der Waals surface area contributed by atoms with Gasteiger partial charge in [0.15, 0.2) is 0 Å². The van der Waals surface area contributed by atoms with Crippen LogP contribution in [0.4, 0.5) is 0 Å². The first-order valence-electron chi connectivity index (χ1n) is 5.12. The lowest BCUT2D eigenvalue weighted by molar-refractivity contribution is -0.114. The van der Waals surface area contributed by atoms with Gasteiger partial charge in [-0.2, -0.15) is 0 Å². The predicted molar refractivity (Wildman–Crippen MR) is 66.0 cm³/mol. The van der Waals surface area contributed by atoms with Gasteiger partial charge in [0.2, 0.25) is 5.91 Å². The molecular weight excluding hydrogens is 198 g/mol. The highest BCUT2D eigenvalue weighted by molar-refractivity contribution is 5.92. The molecule has 0 radical (unpaired) electrons. The van der Waals surface area contributed by atoms with Crippen molar-refractivity contribution in [1.29, 1.82) is 0 Å². The Balaban J connectivity index is 2.33. The van der Waals surface area contributed by atoms with Crippen molar-refractivity contribution in [1.82, 2.24) is 0 Å². The number of carbonyl (C=O) groups is 1. The van der Waals surface area contributed by atoms with Crippen LogP contribution in [-0.4, -0.2) is 5.91 Å². The van der Waals surface area contributed by atoms with Crippen molar-refractivity contribution in [2.24, 2.45) is 5.73 Å². The molecule has 2 nitrogen and oxygen atoms in total. The zero-order chi connectivity index (χ0) is 11.5. The van der Waals surface area contributed by atoms with Crippen molar-refractivity contribution in [3.63, 3.8) is 0 Å². The van der Waals surface area contributed by atoms with E-state index in [0.29, 0.717) is 12.0 Å². The Bertz CT molecular complexity index is 557. The zero-order valence-electron chi connectivity index (χ0n) is 8.94. The fourth-order valence-corrected chi connectivity index (χ4v) is 1.68. The summed E-state index contributed by atoms with van der Waals surface area (Å²) in [5.74, 6) is -0.437. The SMILES string of the molecule is C=C(Cc1ccc2ccccc2c1)C(N)=O. The highest BCUT2D eigenvalue weighted by Crippen LogP contribution is 2.17. The van der Waals surface area contributed by atoms with Gasteiger partial charge in [0.1, 0.15) is 0 Å². The Morgan fingerprint density at radius 3 is 2.50 bits per heavy atom. The molecule has 1 amide bonds. The Kier molecular flexibility index (Phi) is 2.73. The van der Waals surface area contributed by atoms with Crippen molar-refractivity contribution in [3.8, 4) is 0 Å². The molecule has 0 aliphatic heterocycles. The smallest absolute Gasteiger partial charge is 0.244 e. The van der Waals surface area contributed by atoms with Crippen molar-refractivity contribution in [2.75, 3.05) is 0 Å². The lowest BCUT2D eigenvalue weighted by atomic mass is 10.0. The van der Waals surface area contributed by atoms with Crippen LogP contribution in [0.1, 0.15) is 5.56 Å². The number of fused-ring (bicyclic) bond motifs is 1. The van der Waals surface area contributed by atoms with Crippen LogP contribution in [0.3, 0.4) is 0 Å². The van der Waals surface area contributed by atoms with Crippen molar-refractivity contribution < 1.29 is 4.79 Å². The van der Waals surface area contributed by atoms with E-state index in [-0.39, 0.29) is 0 Å². The molecule has 0 spiro atoms. The van der Waals surface area contributed by atoms with E-state index in [9.17, 15) is 4.79 Å². The Morgan fingerprint density at radius 2 is 1.81 bits per heavy atom. The second-order valence-electron chi connectivity index (χ2n) is 3.83. The quantitative estimate of drug-likeness (QED) is 0.778. The maximum Gasteiger partial charge on any atom is 0.244 e. The molecule has 0 aliphatic rings. The summed E-state index contributed by atoms with van der Waals surface area (Å²) in [6, 6.07) is 14.2. The van der Waals surface area contributed by atoms with Crippen LogP contribution in [-0.2, 0) is 11.2 Å². The van der Waals surface area contributed by atoms with Crippen molar-refractivity contribution in [2.45, 2.75) is 6.42 Å². The van der Waals surface area contributed by atoms with E-state index in [0.717, 1.165) is 10.9 Å². The fourth-order valence-electron chi connectivity index (χ4n) is 1.68. The Labute approximate surface area is 94.4 Å².